The first-order valence-electron chi connectivity index (χ1n) is 6.90. The van der Waals surface area contributed by atoms with Crippen molar-refractivity contribution in [3.8, 4) is 0 Å². The van der Waals surface area contributed by atoms with E-state index in [9.17, 15) is 9.59 Å². The second kappa shape index (κ2) is 7.09. The number of ether oxygens (including phenoxy) is 1. The fourth-order valence-corrected chi connectivity index (χ4v) is 3.33. The van der Waals surface area contributed by atoms with Crippen LogP contribution in [0.3, 0.4) is 0 Å². The van der Waals surface area contributed by atoms with Crippen LogP contribution in [0.5, 0.6) is 0 Å². The smallest absolute Gasteiger partial charge is 0.341 e. The van der Waals surface area contributed by atoms with Crippen LogP contribution < -0.4 is 10.6 Å². The predicted molar refractivity (Wildman–Crippen MR) is 88.9 cm³/mol. The first-order valence-corrected chi connectivity index (χ1v) is 7.72. The number of aryl methyl sites for hydroxylation is 1. The van der Waals surface area contributed by atoms with Gasteiger partial charge in [0, 0.05) is 10.6 Å². The Kier molecular flexibility index (Phi) is 5.16. The van der Waals surface area contributed by atoms with E-state index in [1.807, 2.05) is 32.0 Å². The van der Waals surface area contributed by atoms with Gasteiger partial charge in [-0.3, -0.25) is 5.32 Å². The molecule has 1 aromatic heterocycles. The van der Waals surface area contributed by atoms with Crippen LogP contribution in [0.25, 0.3) is 0 Å². The Morgan fingerprint density at radius 1 is 1.18 bits per heavy atom. The van der Waals surface area contributed by atoms with E-state index < -0.39 is 5.97 Å². The molecule has 0 saturated heterocycles. The molecular weight excluding hydrogens is 300 g/mol. The molecule has 1 aromatic carbocycles. The van der Waals surface area contributed by atoms with Crippen LogP contribution in [0.4, 0.5) is 15.5 Å². The minimum Gasteiger partial charge on any atom is -0.465 e. The van der Waals surface area contributed by atoms with Crippen molar-refractivity contribution in [3.63, 3.8) is 0 Å². The SMILES string of the molecule is CCc1c(C)sc(NC(=O)Nc2ccccc2)c1C(=O)OC. The van der Waals surface area contributed by atoms with Gasteiger partial charge in [0.1, 0.15) is 5.00 Å². The number of carbonyl (C=O) groups excluding carboxylic acids is 2. The maximum Gasteiger partial charge on any atom is 0.341 e. The van der Waals surface area contributed by atoms with E-state index in [4.69, 9.17) is 4.74 Å². The largest absolute Gasteiger partial charge is 0.465 e. The minimum atomic E-state index is -0.434. The number of rotatable bonds is 4. The molecule has 0 saturated carbocycles. The van der Waals surface area contributed by atoms with Crippen molar-refractivity contribution in [2.24, 2.45) is 0 Å². The summed E-state index contributed by atoms with van der Waals surface area (Å²) in [7, 11) is 1.34. The van der Waals surface area contributed by atoms with Crippen molar-refractivity contribution >= 4 is 34.0 Å². The first-order chi connectivity index (χ1) is 10.6. The summed E-state index contributed by atoms with van der Waals surface area (Å²) in [5.74, 6) is -0.434. The summed E-state index contributed by atoms with van der Waals surface area (Å²) in [4.78, 5) is 25.1. The molecule has 0 spiro atoms. The molecule has 0 aliphatic rings. The Balaban J connectivity index is 2.22. The quantitative estimate of drug-likeness (QED) is 0.836. The number of thiophene rings is 1. The minimum absolute atomic E-state index is 0.389. The Morgan fingerprint density at radius 2 is 1.86 bits per heavy atom. The number of hydrogen-bond acceptors (Lipinski definition) is 4. The Labute approximate surface area is 133 Å². The maximum absolute atomic E-state index is 12.1. The normalized spacial score (nSPS) is 10.1. The molecule has 116 valence electrons. The number of esters is 1. The highest BCUT2D eigenvalue weighted by Crippen LogP contribution is 2.34. The highest BCUT2D eigenvalue weighted by atomic mass is 32.1. The zero-order chi connectivity index (χ0) is 16.1. The lowest BCUT2D eigenvalue weighted by Gasteiger charge is -2.08. The number of para-hydroxylation sites is 1. The van der Waals surface area contributed by atoms with E-state index in [-0.39, 0.29) is 6.03 Å². The van der Waals surface area contributed by atoms with Crippen LogP contribution in [0, 0.1) is 6.92 Å². The van der Waals surface area contributed by atoms with E-state index in [1.54, 1.807) is 12.1 Å². The third-order valence-corrected chi connectivity index (χ3v) is 4.27. The number of anilines is 2. The van der Waals surface area contributed by atoms with Gasteiger partial charge >= 0.3 is 12.0 Å². The van der Waals surface area contributed by atoms with Crippen molar-refractivity contribution in [3.05, 3.63) is 46.3 Å². The molecule has 0 aliphatic heterocycles. The highest BCUT2D eigenvalue weighted by molar-refractivity contribution is 7.16. The zero-order valence-corrected chi connectivity index (χ0v) is 13.5. The summed E-state index contributed by atoms with van der Waals surface area (Å²) in [5, 5.41) is 5.97. The molecule has 0 unspecified atom stereocenters. The summed E-state index contributed by atoms with van der Waals surface area (Å²) in [6, 6.07) is 8.73. The Morgan fingerprint density at radius 3 is 2.45 bits per heavy atom. The van der Waals surface area contributed by atoms with Gasteiger partial charge in [0.15, 0.2) is 0 Å². The lowest BCUT2D eigenvalue weighted by Crippen LogP contribution is -2.20. The van der Waals surface area contributed by atoms with E-state index >= 15 is 0 Å². The average molecular weight is 318 g/mol. The van der Waals surface area contributed by atoms with Gasteiger partial charge in [0.2, 0.25) is 0 Å². The van der Waals surface area contributed by atoms with Crippen LogP contribution in [-0.4, -0.2) is 19.1 Å². The van der Waals surface area contributed by atoms with Gasteiger partial charge in [-0.1, -0.05) is 25.1 Å². The van der Waals surface area contributed by atoms with Gasteiger partial charge < -0.3 is 10.1 Å². The van der Waals surface area contributed by atoms with Crippen LogP contribution in [0.1, 0.15) is 27.7 Å². The monoisotopic (exact) mass is 318 g/mol. The van der Waals surface area contributed by atoms with Crippen LogP contribution >= 0.6 is 11.3 Å². The molecule has 2 amide bonds. The van der Waals surface area contributed by atoms with Crippen molar-refractivity contribution in [1.82, 2.24) is 0 Å². The van der Waals surface area contributed by atoms with Crippen LogP contribution in [-0.2, 0) is 11.2 Å². The van der Waals surface area contributed by atoms with Crippen LogP contribution in [0.2, 0.25) is 0 Å². The topological polar surface area (TPSA) is 67.4 Å². The highest BCUT2D eigenvalue weighted by Gasteiger charge is 2.22. The van der Waals surface area contributed by atoms with E-state index in [1.165, 1.54) is 18.4 Å². The van der Waals surface area contributed by atoms with Gasteiger partial charge in [-0.15, -0.1) is 11.3 Å². The number of carbonyl (C=O) groups is 2. The maximum atomic E-state index is 12.1. The zero-order valence-electron chi connectivity index (χ0n) is 12.7. The Hall–Kier alpha value is -2.34. The van der Waals surface area contributed by atoms with Crippen LogP contribution in [0.15, 0.2) is 30.3 Å². The average Bonchev–Trinajstić information content (AvgIpc) is 2.82. The number of nitrogens with one attached hydrogen (secondary N) is 2. The van der Waals surface area contributed by atoms with E-state index in [2.05, 4.69) is 10.6 Å². The third-order valence-electron chi connectivity index (χ3n) is 3.21. The number of amides is 2. The summed E-state index contributed by atoms with van der Waals surface area (Å²) >= 11 is 1.38. The van der Waals surface area contributed by atoms with Crippen molar-refractivity contribution in [2.75, 3.05) is 17.7 Å². The molecule has 6 heteroatoms. The predicted octanol–water partition coefficient (Wildman–Crippen LogP) is 4.05. The molecule has 2 rings (SSSR count). The van der Waals surface area contributed by atoms with Gasteiger partial charge in [0.05, 0.1) is 12.7 Å². The van der Waals surface area contributed by atoms with E-state index in [0.29, 0.717) is 22.7 Å². The fraction of sp³-hybridized carbons (Fsp3) is 0.250. The third kappa shape index (κ3) is 3.46. The van der Waals surface area contributed by atoms with Gasteiger partial charge in [-0.2, -0.15) is 0 Å². The number of methoxy groups -OCH3 is 1. The molecule has 5 nitrogen and oxygen atoms in total. The van der Waals surface area contributed by atoms with Gasteiger partial charge in [0.25, 0.3) is 0 Å². The first kappa shape index (κ1) is 16.0. The lowest BCUT2D eigenvalue weighted by atomic mass is 10.1. The van der Waals surface area contributed by atoms with Crippen molar-refractivity contribution in [1.29, 1.82) is 0 Å². The number of urea groups is 1. The molecule has 1 heterocycles. The molecule has 0 bridgehead atoms. The molecule has 0 radical (unpaired) electrons. The van der Waals surface area contributed by atoms with Crippen molar-refractivity contribution < 1.29 is 14.3 Å². The van der Waals surface area contributed by atoms with Crippen molar-refractivity contribution in [2.45, 2.75) is 20.3 Å². The summed E-state index contributed by atoms with van der Waals surface area (Å²) in [5.41, 5.74) is 2.03. The molecule has 22 heavy (non-hydrogen) atoms. The molecule has 0 fully saturated rings. The molecular formula is C16H18N2O3S. The molecule has 0 atom stereocenters. The van der Waals surface area contributed by atoms with E-state index in [0.717, 1.165) is 10.4 Å². The van der Waals surface area contributed by atoms with Gasteiger partial charge in [-0.05, 0) is 31.0 Å². The second-order valence-electron chi connectivity index (χ2n) is 4.63. The molecule has 2 aromatic rings. The summed E-state index contributed by atoms with van der Waals surface area (Å²) in [6.45, 7) is 3.89. The second-order valence-corrected chi connectivity index (χ2v) is 5.86. The summed E-state index contributed by atoms with van der Waals surface area (Å²) in [6.07, 6.45) is 0.703. The van der Waals surface area contributed by atoms with Gasteiger partial charge in [-0.25, -0.2) is 9.59 Å². The Bertz CT molecular complexity index is 680. The summed E-state index contributed by atoms with van der Waals surface area (Å²) < 4.78 is 4.83. The molecule has 2 N–H and O–H groups in total. The number of benzene rings is 1. The standard InChI is InChI=1S/C16H18N2O3S/c1-4-12-10(2)22-14(13(12)15(19)21-3)18-16(20)17-11-8-6-5-7-9-11/h5-9H,4H2,1-3H3,(H2,17,18,20). The molecule has 0 aliphatic carbocycles. The number of hydrogen-bond donors (Lipinski definition) is 2. The fourth-order valence-electron chi connectivity index (χ4n) is 2.20. The lowest BCUT2D eigenvalue weighted by molar-refractivity contribution is 0.0601.